The van der Waals surface area contributed by atoms with E-state index in [9.17, 15) is 4.79 Å². The van der Waals surface area contributed by atoms with Gasteiger partial charge in [0.2, 0.25) is 0 Å². The molecule has 0 atom stereocenters. The molecule has 0 amide bonds. The van der Waals surface area contributed by atoms with Gasteiger partial charge in [0.15, 0.2) is 0 Å². The van der Waals surface area contributed by atoms with E-state index in [1.807, 2.05) is 49.4 Å². The molecule has 0 aliphatic heterocycles. The maximum Gasteiger partial charge on any atom is 0.331 e. The fourth-order valence-corrected chi connectivity index (χ4v) is 1.99. The molecule has 2 rings (SSSR count). The Morgan fingerprint density at radius 3 is 2.53 bits per heavy atom. The van der Waals surface area contributed by atoms with Crippen LogP contribution in [0.2, 0.25) is 0 Å². The number of hydrogen-bond acceptors (Lipinski definition) is 1. The highest BCUT2D eigenvalue weighted by atomic mass is 16.4. The summed E-state index contributed by atoms with van der Waals surface area (Å²) in [6.45, 7) is 3.65. The Kier molecular flexibility index (Phi) is 3.81. The molecular weight excluding hydrogens is 236 g/mol. The van der Waals surface area contributed by atoms with Crippen LogP contribution in [0.1, 0.15) is 18.1 Å². The molecule has 0 saturated heterocycles. The third kappa shape index (κ3) is 3.10. The van der Waals surface area contributed by atoms with Gasteiger partial charge >= 0.3 is 5.97 Å². The van der Waals surface area contributed by atoms with Crippen LogP contribution in [0.3, 0.4) is 0 Å². The Morgan fingerprint density at radius 1 is 1.11 bits per heavy atom. The van der Waals surface area contributed by atoms with Crippen LogP contribution in [-0.4, -0.2) is 11.1 Å². The summed E-state index contributed by atoms with van der Waals surface area (Å²) in [6, 6.07) is 16.0. The van der Waals surface area contributed by atoms with Crippen LogP contribution in [-0.2, 0) is 4.79 Å². The fraction of sp³-hybridized carbons (Fsp3) is 0.118. The van der Waals surface area contributed by atoms with E-state index in [-0.39, 0.29) is 0 Å². The van der Waals surface area contributed by atoms with Gasteiger partial charge < -0.3 is 5.11 Å². The first-order chi connectivity index (χ1) is 9.08. The molecule has 0 aromatic heterocycles. The van der Waals surface area contributed by atoms with Gasteiger partial charge in [0.1, 0.15) is 0 Å². The number of aryl methyl sites for hydroxylation is 1. The van der Waals surface area contributed by atoms with Crippen molar-refractivity contribution in [1.29, 1.82) is 0 Å². The van der Waals surface area contributed by atoms with Crippen LogP contribution < -0.4 is 0 Å². The number of benzene rings is 2. The van der Waals surface area contributed by atoms with Gasteiger partial charge in [-0.2, -0.15) is 0 Å². The van der Waals surface area contributed by atoms with Crippen molar-refractivity contribution in [2.45, 2.75) is 13.8 Å². The zero-order valence-electron chi connectivity index (χ0n) is 11.1. The summed E-state index contributed by atoms with van der Waals surface area (Å²) < 4.78 is 0. The SMILES string of the molecule is C/C(=C\c1ccccc1-c1cccc(C)c1)C(=O)O. The molecule has 0 unspecified atom stereocenters. The number of carbonyl (C=O) groups is 1. The predicted octanol–water partition coefficient (Wildman–Crippen LogP) is 4.15. The van der Waals surface area contributed by atoms with Crippen molar-refractivity contribution in [2.75, 3.05) is 0 Å². The van der Waals surface area contributed by atoms with Gasteiger partial charge in [0.25, 0.3) is 0 Å². The maximum atomic E-state index is 10.9. The van der Waals surface area contributed by atoms with Gasteiger partial charge in [-0.3, -0.25) is 0 Å². The van der Waals surface area contributed by atoms with E-state index in [1.54, 1.807) is 13.0 Å². The summed E-state index contributed by atoms with van der Waals surface area (Å²) in [5, 5.41) is 8.98. The first-order valence-corrected chi connectivity index (χ1v) is 6.15. The topological polar surface area (TPSA) is 37.3 Å². The summed E-state index contributed by atoms with van der Waals surface area (Å²) in [4.78, 5) is 10.9. The second-order valence-corrected chi connectivity index (χ2v) is 4.59. The number of carboxylic acids is 1. The van der Waals surface area contributed by atoms with Gasteiger partial charge in [-0.25, -0.2) is 4.79 Å². The van der Waals surface area contributed by atoms with Crippen LogP contribution in [0.15, 0.2) is 54.1 Å². The Labute approximate surface area is 113 Å². The van der Waals surface area contributed by atoms with Gasteiger partial charge in [0.05, 0.1) is 0 Å². The van der Waals surface area contributed by atoms with Gasteiger partial charge in [-0.1, -0.05) is 54.1 Å². The lowest BCUT2D eigenvalue weighted by atomic mass is 9.97. The van der Waals surface area contributed by atoms with Crippen molar-refractivity contribution in [3.63, 3.8) is 0 Å². The number of hydrogen-bond donors (Lipinski definition) is 1. The molecule has 2 aromatic carbocycles. The van der Waals surface area contributed by atoms with Crippen LogP contribution in [0.5, 0.6) is 0 Å². The molecule has 96 valence electrons. The largest absolute Gasteiger partial charge is 0.478 e. The van der Waals surface area contributed by atoms with E-state index in [1.165, 1.54) is 5.56 Å². The molecular formula is C17H16O2. The molecule has 0 saturated carbocycles. The molecule has 0 spiro atoms. The summed E-state index contributed by atoms with van der Waals surface area (Å²) in [5.41, 5.74) is 4.59. The van der Waals surface area contributed by atoms with Crippen LogP contribution >= 0.6 is 0 Å². The number of rotatable bonds is 3. The zero-order valence-corrected chi connectivity index (χ0v) is 11.1. The molecule has 2 aromatic rings. The molecule has 19 heavy (non-hydrogen) atoms. The van der Waals surface area contributed by atoms with Gasteiger partial charge in [0, 0.05) is 5.57 Å². The Morgan fingerprint density at radius 2 is 1.84 bits per heavy atom. The highest BCUT2D eigenvalue weighted by Gasteiger charge is 2.05. The average Bonchev–Trinajstić information content (AvgIpc) is 2.39. The van der Waals surface area contributed by atoms with Crippen molar-refractivity contribution < 1.29 is 9.90 Å². The normalized spacial score (nSPS) is 11.4. The molecule has 2 nitrogen and oxygen atoms in total. The first-order valence-electron chi connectivity index (χ1n) is 6.15. The highest BCUT2D eigenvalue weighted by molar-refractivity contribution is 5.93. The minimum Gasteiger partial charge on any atom is -0.478 e. The van der Waals surface area contributed by atoms with Crippen molar-refractivity contribution >= 4 is 12.0 Å². The van der Waals surface area contributed by atoms with Crippen molar-refractivity contribution in [2.24, 2.45) is 0 Å². The molecule has 0 aliphatic rings. The lowest BCUT2D eigenvalue weighted by Gasteiger charge is -2.07. The summed E-state index contributed by atoms with van der Waals surface area (Å²) in [6.07, 6.45) is 1.71. The third-order valence-electron chi connectivity index (χ3n) is 3.00. The van der Waals surface area contributed by atoms with Crippen molar-refractivity contribution in [3.05, 3.63) is 65.2 Å². The van der Waals surface area contributed by atoms with E-state index in [4.69, 9.17) is 5.11 Å². The molecule has 0 heterocycles. The van der Waals surface area contributed by atoms with E-state index in [2.05, 4.69) is 6.07 Å². The highest BCUT2D eigenvalue weighted by Crippen LogP contribution is 2.26. The molecule has 0 fully saturated rings. The van der Waals surface area contributed by atoms with E-state index >= 15 is 0 Å². The lowest BCUT2D eigenvalue weighted by molar-refractivity contribution is -0.132. The van der Waals surface area contributed by atoms with Crippen LogP contribution in [0, 0.1) is 6.92 Å². The second kappa shape index (κ2) is 5.53. The van der Waals surface area contributed by atoms with E-state index < -0.39 is 5.97 Å². The second-order valence-electron chi connectivity index (χ2n) is 4.59. The quantitative estimate of drug-likeness (QED) is 0.833. The molecule has 0 radical (unpaired) electrons. The number of carboxylic acid groups (broad SMARTS) is 1. The number of aliphatic carboxylic acids is 1. The maximum absolute atomic E-state index is 10.9. The lowest BCUT2D eigenvalue weighted by Crippen LogP contribution is -1.96. The standard InChI is InChI=1S/C17H16O2/c1-12-6-5-8-14(10-12)16-9-4-3-7-15(16)11-13(2)17(18)19/h3-11H,1-2H3,(H,18,19)/b13-11+. The Hall–Kier alpha value is -2.35. The smallest absolute Gasteiger partial charge is 0.331 e. The third-order valence-corrected chi connectivity index (χ3v) is 3.00. The first kappa shape index (κ1) is 13.1. The van der Waals surface area contributed by atoms with E-state index in [0.29, 0.717) is 5.57 Å². The van der Waals surface area contributed by atoms with Crippen LogP contribution in [0.25, 0.3) is 17.2 Å². The van der Waals surface area contributed by atoms with Crippen LogP contribution in [0.4, 0.5) is 0 Å². The predicted molar refractivity (Wildman–Crippen MR) is 77.9 cm³/mol. The minimum absolute atomic E-state index is 0.333. The summed E-state index contributed by atoms with van der Waals surface area (Å²) in [5.74, 6) is -0.890. The summed E-state index contributed by atoms with van der Waals surface area (Å²) >= 11 is 0. The van der Waals surface area contributed by atoms with Crippen molar-refractivity contribution in [1.82, 2.24) is 0 Å². The molecule has 1 N–H and O–H groups in total. The monoisotopic (exact) mass is 252 g/mol. The zero-order chi connectivity index (χ0) is 13.8. The molecule has 0 bridgehead atoms. The Balaban J connectivity index is 2.53. The average molecular weight is 252 g/mol. The molecule has 0 aliphatic carbocycles. The molecule has 2 heteroatoms. The van der Waals surface area contributed by atoms with Gasteiger partial charge in [-0.05, 0) is 36.6 Å². The Bertz CT molecular complexity index is 639. The summed E-state index contributed by atoms with van der Waals surface area (Å²) in [7, 11) is 0. The van der Waals surface area contributed by atoms with Gasteiger partial charge in [-0.15, -0.1) is 0 Å². The van der Waals surface area contributed by atoms with Crippen molar-refractivity contribution in [3.8, 4) is 11.1 Å². The minimum atomic E-state index is -0.890. The fourth-order valence-electron chi connectivity index (χ4n) is 1.99. The van der Waals surface area contributed by atoms with E-state index in [0.717, 1.165) is 16.7 Å².